The maximum absolute atomic E-state index is 13.1. The highest BCUT2D eigenvalue weighted by Crippen LogP contribution is 2.27. The molecule has 1 aliphatic rings. The van der Waals surface area contributed by atoms with E-state index in [0.717, 1.165) is 60.6 Å². The number of likely N-dealkylation sites (N-methyl/N-ethyl adjacent to an activating group) is 1. The van der Waals surface area contributed by atoms with Crippen molar-refractivity contribution >= 4 is 17.4 Å². The Hall–Kier alpha value is -3.20. The van der Waals surface area contributed by atoms with Crippen LogP contribution in [0.25, 0.3) is 0 Å². The summed E-state index contributed by atoms with van der Waals surface area (Å²) in [6, 6.07) is 17.8. The standard InChI is InChI=1S/C26H33N5O3/c1-31(14-12-27-13-15-31)24-9-4-3-8-23(24)26(32)28-25-19-21(29-30-25)11-10-20-6-5-7-22(18-20)34-17-16-33-2/h3-9,18-19,27H,10-17H2,1-2H3,(H-,28,29,30,32)/p+1. The fourth-order valence-electron chi connectivity index (χ4n) is 4.32. The van der Waals surface area contributed by atoms with Crippen molar-refractivity contribution in [3.8, 4) is 5.75 Å². The second kappa shape index (κ2) is 11.3. The molecule has 0 aliphatic carbocycles. The maximum Gasteiger partial charge on any atom is 0.262 e. The number of carbonyl (C=O) groups is 1. The van der Waals surface area contributed by atoms with Gasteiger partial charge in [-0.3, -0.25) is 14.4 Å². The minimum atomic E-state index is -0.121. The molecule has 0 bridgehead atoms. The predicted molar refractivity (Wildman–Crippen MR) is 135 cm³/mol. The van der Waals surface area contributed by atoms with Crippen molar-refractivity contribution < 1.29 is 14.3 Å². The second-order valence-electron chi connectivity index (χ2n) is 8.83. The Morgan fingerprint density at radius 3 is 2.71 bits per heavy atom. The lowest BCUT2D eigenvalue weighted by molar-refractivity contribution is 0.102. The highest BCUT2D eigenvalue weighted by Gasteiger charge is 2.31. The molecule has 4 rings (SSSR count). The van der Waals surface area contributed by atoms with E-state index in [1.807, 2.05) is 42.5 Å². The zero-order valence-corrected chi connectivity index (χ0v) is 20.0. The lowest BCUT2D eigenvalue weighted by Crippen LogP contribution is -2.57. The van der Waals surface area contributed by atoms with Gasteiger partial charge in [-0.25, -0.2) is 0 Å². The van der Waals surface area contributed by atoms with Gasteiger partial charge < -0.3 is 20.1 Å². The van der Waals surface area contributed by atoms with Crippen LogP contribution in [0.1, 0.15) is 21.6 Å². The number of anilines is 1. The van der Waals surface area contributed by atoms with Crippen molar-refractivity contribution in [2.24, 2.45) is 0 Å². The summed E-state index contributed by atoms with van der Waals surface area (Å²) in [5.41, 5.74) is 3.82. The molecule has 1 fully saturated rings. The predicted octanol–water partition coefficient (Wildman–Crippen LogP) is 3.01. The Morgan fingerprint density at radius 1 is 1.06 bits per heavy atom. The molecule has 2 aromatic carbocycles. The molecule has 0 unspecified atom stereocenters. The van der Waals surface area contributed by atoms with E-state index in [1.165, 1.54) is 5.56 Å². The summed E-state index contributed by atoms with van der Waals surface area (Å²) < 4.78 is 11.5. The van der Waals surface area contributed by atoms with E-state index < -0.39 is 0 Å². The fraction of sp³-hybridized carbons (Fsp3) is 0.385. The first-order valence-electron chi connectivity index (χ1n) is 11.8. The summed E-state index contributed by atoms with van der Waals surface area (Å²) in [5.74, 6) is 1.32. The number of ether oxygens (including phenoxy) is 2. The van der Waals surface area contributed by atoms with Crippen molar-refractivity contribution in [2.45, 2.75) is 12.8 Å². The molecule has 180 valence electrons. The summed E-state index contributed by atoms with van der Waals surface area (Å²) in [6.45, 7) is 4.89. The van der Waals surface area contributed by atoms with Gasteiger partial charge in [0.05, 0.1) is 32.4 Å². The normalized spacial score (nSPS) is 15.1. The lowest BCUT2D eigenvalue weighted by Gasteiger charge is -2.38. The molecular weight excluding hydrogens is 430 g/mol. The van der Waals surface area contributed by atoms with Gasteiger partial charge in [0.1, 0.15) is 29.4 Å². The summed E-state index contributed by atoms with van der Waals surface area (Å²) in [4.78, 5) is 13.1. The smallest absolute Gasteiger partial charge is 0.262 e. The van der Waals surface area contributed by atoms with E-state index in [9.17, 15) is 4.79 Å². The molecule has 1 aromatic heterocycles. The Bertz CT molecular complexity index is 1090. The number of rotatable bonds is 10. The van der Waals surface area contributed by atoms with Crippen LogP contribution in [0.4, 0.5) is 11.5 Å². The Balaban J connectivity index is 1.37. The van der Waals surface area contributed by atoms with Crippen LogP contribution in [0.3, 0.4) is 0 Å². The number of aromatic nitrogens is 2. The van der Waals surface area contributed by atoms with Crippen LogP contribution in [-0.4, -0.2) is 69.7 Å². The van der Waals surface area contributed by atoms with Gasteiger partial charge in [-0.15, -0.1) is 0 Å². The number of methoxy groups -OCH3 is 1. The van der Waals surface area contributed by atoms with Gasteiger partial charge >= 0.3 is 0 Å². The maximum atomic E-state index is 13.1. The molecule has 0 atom stereocenters. The molecule has 8 nitrogen and oxygen atoms in total. The summed E-state index contributed by atoms with van der Waals surface area (Å²) in [5, 5.41) is 13.7. The highest BCUT2D eigenvalue weighted by atomic mass is 16.5. The van der Waals surface area contributed by atoms with Crippen LogP contribution in [0.5, 0.6) is 5.75 Å². The van der Waals surface area contributed by atoms with E-state index in [2.05, 4.69) is 40.0 Å². The topological polar surface area (TPSA) is 88.3 Å². The molecule has 0 radical (unpaired) electrons. The van der Waals surface area contributed by atoms with E-state index >= 15 is 0 Å². The van der Waals surface area contributed by atoms with E-state index in [4.69, 9.17) is 9.47 Å². The third-order valence-corrected chi connectivity index (χ3v) is 6.30. The van der Waals surface area contributed by atoms with Crippen LogP contribution in [-0.2, 0) is 17.6 Å². The zero-order valence-electron chi connectivity index (χ0n) is 20.0. The summed E-state index contributed by atoms with van der Waals surface area (Å²) in [7, 11) is 3.85. The first-order chi connectivity index (χ1) is 16.6. The molecule has 2 heterocycles. The number of aromatic amines is 1. The van der Waals surface area contributed by atoms with Crippen LogP contribution in [0, 0.1) is 0 Å². The number of nitrogens with zero attached hydrogens (tertiary/aromatic N) is 2. The van der Waals surface area contributed by atoms with E-state index in [0.29, 0.717) is 24.6 Å². The van der Waals surface area contributed by atoms with Crippen LogP contribution < -0.4 is 19.9 Å². The average molecular weight is 465 g/mol. The molecule has 3 N–H and O–H groups in total. The minimum Gasteiger partial charge on any atom is -0.491 e. The van der Waals surface area contributed by atoms with Gasteiger partial charge in [0.15, 0.2) is 0 Å². The number of piperazine rings is 1. The second-order valence-corrected chi connectivity index (χ2v) is 8.83. The van der Waals surface area contributed by atoms with Crippen molar-refractivity contribution in [3.05, 3.63) is 71.4 Å². The summed E-state index contributed by atoms with van der Waals surface area (Å²) in [6.07, 6.45) is 1.58. The van der Waals surface area contributed by atoms with Gasteiger partial charge in [-0.2, -0.15) is 5.10 Å². The number of para-hydroxylation sites is 1. The number of hydrogen-bond acceptors (Lipinski definition) is 5. The first-order valence-corrected chi connectivity index (χ1v) is 11.8. The fourth-order valence-corrected chi connectivity index (χ4v) is 4.32. The largest absolute Gasteiger partial charge is 0.491 e. The third kappa shape index (κ3) is 6.02. The third-order valence-electron chi connectivity index (χ3n) is 6.30. The van der Waals surface area contributed by atoms with Gasteiger partial charge in [0.2, 0.25) is 0 Å². The number of H-pyrrole nitrogens is 1. The van der Waals surface area contributed by atoms with Crippen LogP contribution >= 0.6 is 0 Å². The van der Waals surface area contributed by atoms with E-state index in [-0.39, 0.29) is 5.91 Å². The Labute approximate surface area is 200 Å². The zero-order chi connectivity index (χ0) is 23.8. The van der Waals surface area contributed by atoms with Crippen molar-refractivity contribution in [1.29, 1.82) is 0 Å². The van der Waals surface area contributed by atoms with Gasteiger partial charge in [-0.1, -0.05) is 24.3 Å². The number of benzene rings is 2. The first kappa shape index (κ1) is 23.9. The number of aryl methyl sites for hydroxylation is 2. The Kier molecular flexibility index (Phi) is 7.95. The summed E-state index contributed by atoms with van der Waals surface area (Å²) >= 11 is 0. The molecule has 34 heavy (non-hydrogen) atoms. The van der Waals surface area contributed by atoms with Gasteiger partial charge in [-0.05, 0) is 42.7 Å². The SMILES string of the molecule is COCCOc1cccc(CCc2cc(NC(=O)c3ccccc3[N+]3(C)CCNCC3)[nH]n2)c1. The average Bonchev–Trinajstić information content (AvgIpc) is 3.31. The van der Waals surface area contributed by atoms with Crippen molar-refractivity contribution in [3.63, 3.8) is 0 Å². The number of quaternary nitrogens is 1. The van der Waals surface area contributed by atoms with Crippen LogP contribution in [0.2, 0.25) is 0 Å². The number of amides is 1. The molecule has 1 amide bonds. The van der Waals surface area contributed by atoms with Gasteiger partial charge in [0.25, 0.3) is 5.91 Å². The van der Waals surface area contributed by atoms with Gasteiger partial charge in [0, 0.05) is 26.3 Å². The lowest BCUT2D eigenvalue weighted by atomic mass is 10.1. The monoisotopic (exact) mass is 464 g/mol. The molecule has 8 heteroatoms. The molecule has 1 saturated heterocycles. The number of nitrogens with one attached hydrogen (secondary N) is 3. The quantitative estimate of drug-likeness (QED) is 0.317. The molecule has 3 aromatic rings. The molecule has 0 saturated carbocycles. The molecule has 1 aliphatic heterocycles. The number of hydrogen-bond donors (Lipinski definition) is 3. The van der Waals surface area contributed by atoms with Crippen molar-refractivity contribution in [2.75, 3.05) is 58.9 Å². The molecular formula is C26H34N5O3+. The van der Waals surface area contributed by atoms with E-state index in [1.54, 1.807) is 7.11 Å². The molecule has 0 spiro atoms. The Morgan fingerprint density at radius 2 is 1.88 bits per heavy atom. The van der Waals surface area contributed by atoms with Crippen molar-refractivity contribution in [1.82, 2.24) is 20.0 Å². The number of carbonyl (C=O) groups excluding carboxylic acids is 1. The van der Waals surface area contributed by atoms with Crippen LogP contribution in [0.15, 0.2) is 54.6 Å². The highest BCUT2D eigenvalue weighted by molar-refractivity contribution is 6.07. The minimum absolute atomic E-state index is 0.121.